The highest BCUT2D eigenvalue weighted by Gasteiger charge is 2.49. The summed E-state index contributed by atoms with van der Waals surface area (Å²) in [7, 11) is 1.83. The molecule has 2 heteroatoms. The lowest BCUT2D eigenvalue weighted by molar-refractivity contribution is -0.101. The van der Waals surface area contributed by atoms with Crippen LogP contribution in [0, 0.1) is 5.41 Å². The minimum atomic E-state index is 0.243. The largest absolute Gasteiger partial charge is 0.381 e. The second-order valence-electron chi connectivity index (χ2n) is 7.16. The molecule has 1 aromatic rings. The summed E-state index contributed by atoms with van der Waals surface area (Å²) in [4.78, 5) is 0. The van der Waals surface area contributed by atoms with Gasteiger partial charge < -0.3 is 10.1 Å². The van der Waals surface area contributed by atoms with Crippen molar-refractivity contribution < 1.29 is 4.74 Å². The molecule has 3 rings (SSSR count). The first-order chi connectivity index (χ1) is 9.54. The Bertz CT molecular complexity index is 482. The number of hydrogen-bond acceptors (Lipinski definition) is 2. The first kappa shape index (κ1) is 14.1. The van der Waals surface area contributed by atoms with Gasteiger partial charge in [0.2, 0.25) is 0 Å². The third-order valence-electron chi connectivity index (χ3n) is 5.66. The Balaban J connectivity index is 1.75. The normalized spacial score (nSPS) is 35.2. The van der Waals surface area contributed by atoms with Gasteiger partial charge in [-0.1, -0.05) is 45.0 Å². The van der Waals surface area contributed by atoms with E-state index in [-0.39, 0.29) is 5.41 Å². The van der Waals surface area contributed by atoms with E-state index in [1.807, 2.05) is 7.11 Å². The number of hydrogen-bond donors (Lipinski definition) is 1. The van der Waals surface area contributed by atoms with Crippen molar-refractivity contribution in [3.8, 4) is 0 Å². The first-order valence-corrected chi connectivity index (χ1v) is 7.91. The van der Waals surface area contributed by atoms with Crippen molar-refractivity contribution in [2.45, 2.75) is 64.1 Å². The fourth-order valence-corrected chi connectivity index (χ4v) is 3.99. The summed E-state index contributed by atoms with van der Waals surface area (Å²) < 4.78 is 5.57. The maximum atomic E-state index is 5.57. The van der Waals surface area contributed by atoms with Crippen LogP contribution in [0.25, 0.3) is 0 Å². The minimum absolute atomic E-state index is 0.243. The van der Waals surface area contributed by atoms with Crippen molar-refractivity contribution >= 4 is 0 Å². The predicted molar refractivity (Wildman–Crippen MR) is 83.0 cm³/mol. The van der Waals surface area contributed by atoms with Crippen LogP contribution < -0.4 is 5.32 Å². The molecule has 20 heavy (non-hydrogen) atoms. The molecule has 1 N–H and O–H groups in total. The van der Waals surface area contributed by atoms with Crippen molar-refractivity contribution in [3.63, 3.8) is 0 Å². The smallest absolute Gasteiger partial charge is 0.0652 e. The maximum Gasteiger partial charge on any atom is 0.0652 e. The molecule has 1 saturated carbocycles. The van der Waals surface area contributed by atoms with Gasteiger partial charge >= 0.3 is 0 Å². The van der Waals surface area contributed by atoms with Crippen LogP contribution in [0.4, 0.5) is 0 Å². The fraction of sp³-hybridized carbons (Fsp3) is 0.667. The van der Waals surface area contributed by atoms with Crippen LogP contribution in [0.5, 0.6) is 0 Å². The molecule has 4 unspecified atom stereocenters. The molecule has 2 aliphatic rings. The number of methoxy groups -OCH3 is 1. The van der Waals surface area contributed by atoms with E-state index >= 15 is 0 Å². The Morgan fingerprint density at radius 3 is 2.50 bits per heavy atom. The molecule has 0 aromatic heterocycles. The third-order valence-corrected chi connectivity index (χ3v) is 5.66. The molecule has 0 amide bonds. The summed E-state index contributed by atoms with van der Waals surface area (Å²) in [5.41, 5.74) is 3.30. The summed E-state index contributed by atoms with van der Waals surface area (Å²) >= 11 is 0. The monoisotopic (exact) mass is 273 g/mol. The van der Waals surface area contributed by atoms with E-state index in [9.17, 15) is 0 Å². The molecule has 1 aromatic carbocycles. The van der Waals surface area contributed by atoms with Crippen molar-refractivity contribution in [1.29, 1.82) is 0 Å². The van der Waals surface area contributed by atoms with E-state index in [0.29, 0.717) is 24.1 Å². The molecule has 0 aliphatic heterocycles. The summed E-state index contributed by atoms with van der Waals surface area (Å²) in [5.74, 6) is 0.699. The van der Waals surface area contributed by atoms with E-state index in [4.69, 9.17) is 4.74 Å². The van der Waals surface area contributed by atoms with Crippen molar-refractivity contribution in [1.82, 2.24) is 5.32 Å². The van der Waals surface area contributed by atoms with Crippen LogP contribution >= 0.6 is 0 Å². The van der Waals surface area contributed by atoms with Gasteiger partial charge in [0.25, 0.3) is 0 Å². The van der Waals surface area contributed by atoms with Gasteiger partial charge in [-0.3, -0.25) is 0 Å². The zero-order valence-electron chi connectivity index (χ0n) is 13.1. The number of nitrogens with one attached hydrogen (secondary N) is 1. The molecule has 110 valence electrons. The van der Waals surface area contributed by atoms with Gasteiger partial charge in [0.05, 0.1) is 6.10 Å². The van der Waals surface area contributed by atoms with E-state index < -0.39 is 0 Å². The molecule has 2 nitrogen and oxygen atoms in total. The maximum absolute atomic E-state index is 5.57. The summed E-state index contributed by atoms with van der Waals surface area (Å²) in [5, 5.41) is 3.91. The SMILES string of the molecule is COC1CC(NC2CCC(C)c3ccccc32)C1(C)C. The quantitative estimate of drug-likeness (QED) is 0.898. The van der Waals surface area contributed by atoms with Gasteiger partial charge in [-0.2, -0.15) is 0 Å². The van der Waals surface area contributed by atoms with E-state index in [0.717, 1.165) is 6.42 Å². The summed E-state index contributed by atoms with van der Waals surface area (Å²) in [6, 6.07) is 10.0. The second kappa shape index (κ2) is 5.16. The van der Waals surface area contributed by atoms with Crippen LogP contribution in [-0.4, -0.2) is 19.3 Å². The Labute approximate surface area is 122 Å². The number of rotatable bonds is 3. The van der Waals surface area contributed by atoms with Crippen LogP contribution in [0.15, 0.2) is 24.3 Å². The third kappa shape index (κ3) is 2.19. The van der Waals surface area contributed by atoms with Crippen LogP contribution in [-0.2, 0) is 4.74 Å². The highest BCUT2D eigenvalue weighted by Crippen LogP contribution is 2.45. The zero-order valence-corrected chi connectivity index (χ0v) is 13.1. The highest BCUT2D eigenvalue weighted by atomic mass is 16.5. The van der Waals surface area contributed by atoms with Crippen molar-refractivity contribution in [2.24, 2.45) is 5.41 Å². The topological polar surface area (TPSA) is 21.3 Å². The molecule has 0 bridgehead atoms. The lowest BCUT2D eigenvalue weighted by atomic mass is 9.64. The van der Waals surface area contributed by atoms with Crippen LogP contribution in [0.3, 0.4) is 0 Å². The van der Waals surface area contributed by atoms with Gasteiger partial charge in [-0.25, -0.2) is 0 Å². The van der Waals surface area contributed by atoms with Crippen LogP contribution in [0.2, 0.25) is 0 Å². The number of fused-ring (bicyclic) bond motifs is 1. The molecular formula is C18H27NO. The Morgan fingerprint density at radius 2 is 1.85 bits per heavy atom. The lowest BCUT2D eigenvalue weighted by Gasteiger charge is -2.53. The standard InChI is InChI=1S/C18H27NO/c1-12-9-10-15(14-8-6-5-7-13(12)14)19-16-11-17(20-4)18(16,2)3/h5-8,12,15-17,19H,9-11H2,1-4H3. The Kier molecular flexibility index (Phi) is 3.64. The molecular weight excluding hydrogens is 246 g/mol. The highest BCUT2D eigenvalue weighted by molar-refractivity contribution is 5.35. The number of benzene rings is 1. The van der Waals surface area contributed by atoms with Gasteiger partial charge in [0.1, 0.15) is 0 Å². The Morgan fingerprint density at radius 1 is 1.15 bits per heavy atom. The van der Waals surface area contributed by atoms with E-state index in [1.54, 1.807) is 0 Å². The molecule has 1 fully saturated rings. The molecule has 4 atom stereocenters. The Hall–Kier alpha value is -0.860. The lowest BCUT2D eigenvalue weighted by Crippen LogP contribution is -2.61. The average molecular weight is 273 g/mol. The van der Waals surface area contributed by atoms with Crippen molar-refractivity contribution in [3.05, 3.63) is 35.4 Å². The average Bonchev–Trinajstić information content (AvgIpc) is 2.45. The molecule has 0 heterocycles. The molecule has 2 aliphatic carbocycles. The van der Waals surface area contributed by atoms with Gasteiger partial charge in [-0.15, -0.1) is 0 Å². The number of ether oxygens (including phenoxy) is 1. The minimum Gasteiger partial charge on any atom is -0.381 e. The van der Waals surface area contributed by atoms with Crippen molar-refractivity contribution in [2.75, 3.05) is 7.11 Å². The fourth-order valence-electron chi connectivity index (χ4n) is 3.99. The molecule has 0 spiro atoms. The van der Waals surface area contributed by atoms with E-state index in [2.05, 4.69) is 50.4 Å². The summed E-state index contributed by atoms with van der Waals surface area (Å²) in [6.07, 6.45) is 4.08. The van der Waals surface area contributed by atoms with Gasteiger partial charge in [0, 0.05) is 24.6 Å². The van der Waals surface area contributed by atoms with Crippen LogP contribution in [0.1, 0.15) is 63.1 Å². The summed E-state index contributed by atoms with van der Waals surface area (Å²) in [6.45, 7) is 6.99. The van der Waals surface area contributed by atoms with E-state index in [1.165, 1.54) is 24.0 Å². The van der Waals surface area contributed by atoms with Gasteiger partial charge in [-0.05, 0) is 36.3 Å². The molecule has 0 radical (unpaired) electrons. The second-order valence-corrected chi connectivity index (χ2v) is 7.16. The zero-order chi connectivity index (χ0) is 14.3. The van der Waals surface area contributed by atoms with Gasteiger partial charge in [0.15, 0.2) is 0 Å². The first-order valence-electron chi connectivity index (χ1n) is 7.91. The molecule has 0 saturated heterocycles. The predicted octanol–water partition coefficient (Wildman–Crippen LogP) is 4.03.